The van der Waals surface area contributed by atoms with Crippen LogP contribution in [0.15, 0.2) is 66.9 Å². The van der Waals surface area contributed by atoms with Gasteiger partial charge in [-0.05, 0) is 42.2 Å². The molecule has 176 valence electrons. The topological polar surface area (TPSA) is 49.3 Å². The van der Waals surface area contributed by atoms with E-state index in [2.05, 4.69) is 14.9 Å². The lowest BCUT2D eigenvalue weighted by Gasteiger charge is -2.53. The molecule has 2 saturated heterocycles. The minimum absolute atomic E-state index is 0.0372. The van der Waals surface area contributed by atoms with E-state index in [0.717, 1.165) is 18.5 Å². The van der Waals surface area contributed by atoms with Crippen LogP contribution in [0.1, 0.15) is 22.3 Å². The number of aromatic nitrogens is 2. The third kappa shape index (κ3) is 3.62. The number of para-hydroxylation sites is 1. The number of nitrogens with zero attached hydrogens (tertiary/aromatic N) is 4. The van der Waals surface area contributed by atoms with E-state index >= 15 is 4.39 Å². The minimum Gasteiger partial charge on any atom is -0.353 e. The second kappa shape index (κ2) is 8.41. The molecule has 1 amide bonds. The molecule has 1 aromatic heterocycles. The molecule has 0 unspecified atom stereocenters. The maximum atomic E-state index is 15.4. The van der Waals surface area contributed by atoms with Crippen LogP contribution < -0.4 is 4.90 Å². The van der Waals surface area contributed by atoms with E-state index in [1.807, 2.05) is 36.4 Å². The third-order valence-corrected chi connectivity index (χ3v) is 7.28. The molecule has 6 rings (SSSR count). The van der Waals surface area contributed by atoms with Crippen LogP contribution in [0.5, 0.6) is 0 Å². The lowest BCUT2D eigenvalue weighted by molar-refractivity contribution is 0.00749. The zero-order valence-corrected chi connectivity index (χ0v) is 19.3. The average Bonchev–Trinajstić information content (AvgIpc) is 2.86. The number of halogens is 2. The van der Waals surface area contributed by atoms with E-state index in [1.165, 1.54) is 6.07 Å². The second-order valence-electron chi connectivity index (χ2n) is 9.34. The van der Waals surface area contributed by atoms with Crippen molar-refractivity contribution in [2.75, 3.05) is 24.5 Å². The summed E-state index contributed by atoms with van der Waals surface area (Å²) in [6.45, 7) is 3.67. The molecule has 3 heterocycles. The monoisotopic (exact) mass is 470 g/mol. The lowest BCUT2D eigenvalue weighted by Crippen LogP contribution is -2.66. The molecule has 0 aliphatic carbocycles. The number of piperidine rings is 1. The van der Waals surface area contributed by atoms with Gasteiger partial charge in [-0.1, -0.05) is 48.5 Å². The van der Waals surface area contributed by atoms with Crippen molar-refractivity contribution in [2.24, 2.45) is 5.92 Å². The Hall–Kier alpha value is -3.87. The first-order chi connectivity index (χ1) is 17.0. The Bertz CT molecular complexity index is 1440. The van der Waals surface area contributed by atoms with Crippen molar-refractivity contribution >= 4 is 22.8 Å². The van der Waals surface area contributed by atoms with Gasteiger partial charge in [-0.2, -0.15) is 0 Å². The molecule has 0 N–H and O–H groups in total. The van der Waals surface area contributed by atoms with Gasteiger partial charge < -0.3 is 9.80 Å². The van der Waals surface area contributed by atoms with Crippen LogP contribution in [-0.4, -0.2) is 46.5 Å². The van der Waals surface area contributed by atoms with Gasteiger partial charge in [0.05, 0.1) is 23.3 Å². The number of amides is 1. The van der Waals surface area contributed by atoms with Gasteiger partial charge in [0.2, 0.25) is 0 Å². The van der Waals surface area contributed by atoms with Gasteiger partial charge in [-0.3, -0.25) is 4.79 Å². The van der Waals surface area contributed by atoms with Crippen LogP contribution in [0.3, 0.4) is 0 Å². The van der Waals surface area contributed by atoms with E-state index in [0.29, 0.717) is 41.5 Å². The zero-order chi connectivity index (χ0) is 24.1. The first-order valence-electron chi connectivity index (χ1n) is 11.8. The fourth-order valence-corrected chi connectivity index (χ4v) is 5.28. The SMILES string of the molecule is Cc1ccc(-c2ccccc2)c(C(=O)N2C[C@H]3CCN(c4cnc5c(F)cccc5n4)C[C@H]32)c1F. The van der Waals surface area contributed by atoms with Crippen molar-refractivity contribution in [3.05, 3.63) is 89.6 Å². The van der Waals surface area contributed by atoms with Crippen molar-refractivity contribution < 1.29 is 13.6 Å². The Morgan fingerprint density at radius 3 is 2.66 bits per heavy atom. The highest BCUT2D eigenvalue weighted by molar-refractivity contribution is 6.02. The summed E-state index contributed by atoms with van der Waals surface area (Å²) in [6, 6.07) is 17.7. The summed E-state index contributed by atoms with van der Waals surface area (Å²) in [5.74, 6) is -0.109. The van der Waals surface area contributed by atoms with Crippen LogP contribution in [-0.2, 0) is 0 Å². The summed E-state index contributed by atoms with van der Waals surface area (Å²) >= 11 is 0. The van der Waals surface area contributed by atoms with Crippen LogP contribution in [0, 0.1) is 24.5 Å². The molecule has 2 aliphatic rings. The highest BCUT2D eigenvalue weighted by Gasteiger charge is 2.46. The van der Waals surface area contributed by atoms with Gasteiger partial charge in [0.15, 0.2) is 5.82 Å². The molecule has 4 aromatic rings. The fourth-order valence-electron chi connectivity index (χ4n) is 5.28. The number of carbonyl (C=O) groups is 1. The zero-order valence-electron chi connectivity index (χ0n) is 19.3. The maximum absolute atomic E-state index is 15.4. The molecule has 2 atom stereocenters. The molecule has 0 bridgehead atoms. The van der Waals surface area contributed by atoms with Crippen LogP contribution in [0.2, 0.25) is 0 Å². The van der Waals surface area contributed by atoms with Gasteiger partial charge in [0.25, 0.3) is 5.91 Å². The third-order valence-electron chi connectivity index (χ3n) is 7.28. The molecule has 35 heavy (non-hydrogen) atoms. The number of carbonyl (C=O) groups excluding carboxylic acids is 1. The fraction of sp³-hybridized carbons (Fsp3) is 0.250. The average molecular weight is 471 g/mol. The summed E-state index contributed by atoms with van der Waals surface area (Å²) in [7, 11) is 0. The highest BCUT2D eigenvalue weighted by atomic mass is 19.1. The van der Waals surface area contributed by atoms with Crippen molar-refractivity contribution in [2.45, 2.75) is 19.4 Å². The van der Waals surface area contributed by atoms with Gasteiger partial charge in [0, 0.05) is 25.6 Å². The molecule has 2 aliphatic heterocycles. The van der Waals surface area contributed by atoms with Gasteiger partial charge in [-0.15, -0.1) is 0 Å². The van der Waals surface area contributed by atoms with Gasteiger partial charge >= 0.3 is 0 Å². The van der Waals surface area contributed by atoms with E-state index < -0.39 is 11.6 Å². The van der Waals surface area contributed by atoms with E-state index in [9.17, 15) is 9.18 Å². The van der Waals surface area contributed by atoms with Crippen molar-refractivity contribution in [3.8, 4) is 11.1 Å². The summed E-state index contributed by atoms with van der Waals surface area (Å²) in [5, 5.41) is 0. The Morgan fingerprint density at radius 2 is 1.83 bits per heavy atom. The minimum atomic E-state index is -0.463. The van der Waals surface area contributed by atoms with Crippen LogP contribution >= 0.6 is 0 Å². The number of hydrogen-bond donors (Lipinski definition) is 0. The van der Waals surface area contributed by atoms with Gasteiger partial charge in [-0.25, -0.2) is 18.7 Å². The van der Waals surface area contributed by atoms with Crippen molar-refractivity contribution in [1.82, 2.24) is 14.9 Å². The smallest absolute Gasteiger partial charge is 0.257 e. The van der Waals surface area contributed by atoms with E-state index in [-0.39, 0.29) is 23.0 Å². The molecule has 0 radical (unpaired) electrons. The molecule has 0 spiro atoms. The second-order valence-corrected chi connectivity index (χ2v) is 9.34. The largest absolute Gasteiger partial charge is 0.353 e. The Morgan fingerprint density at radius 1 is 1.00 bits per heavy atom. The standard InChI is InChI=1S/C28H24F2N4O/c1-17-10-11-20(18-6-3-2-4-7-18)25(26(17)30)28(35)34-15-19-12-13-33(16-23(19)34)24-14-31-27-21(29)8-5-9-22(27)32-24/h2-11,14,19,23H,12-13,15-16H2,1H3/t19-,23-/m1/s1. The number of benzene rings is 3. The summed E-state index contributed by atoms with van der Waals surface area (Å²) in [4.78, 5) is 26.5. The molecule has 0 saturated carbocycles. The Kier molecular flexibility index (Phi) is 5.20. The van der Waals surface area contributed by atoms with E-state index in [4.69, 9.17) is 0 Å². The molecule has 3 aromatic carbocycles. The molecular weight excluding hydrogens is 446 g/mol. The summed E-state index contributed by atoms with van der Waals surface area (Å²) < 4.78 is 29.4. The summed E-state index contributed by atoms with van der Waals surface area (Å²) in [5.41, 5.74) is 2.75. The molecule has 7 heteroatoms. The number of hydrogen-bond acceptors (Lipinski definition) is 4. The summed E-state index contributed by atoms with van der Waals surface area (Å²) in [6.07, 6.45) is 2.49. The number of likely N-dealkylation sites (tertiary alicyclic amines) is 1. The van der Waals surface area contributed by atoms with E-state index in [1.54, 1.807) is 36.2 Å². The van der Waals surface area contributed by atoms with Crippen molar-refractivity contribution in [3.63, 3.8) is 0 Å². The van der Waals surface area contributed by atoms with Crippen LogP contribution in [0.25, 0.3) is 22.2 Å². The normalized spacial score (nSPS) is 19.4. The highest BCUT2D eigenvalue weighted by Crippen LogP contribution is 2.37. The predicted molar refractivity (Wildman–Crippen MR) is 131 cm³/mol. The molecule has 2 fully saturated rings. The number of fused-ring (bicyclic) bond motifs is 2. The first kappa shape index (κ1) is 21.6. The van der Waals surface area contributed by atoms with Crippen molar-refractivity contribution in [1.29, 1.82) is 0 Å². The number of rotatable bonds is 3. The quantitative estimate of drug-likeness (QED) is 0.411. The number of aryl methyl sites for hydroxylation is 1. The predicted octanol–water partition coefficient (Wildman–Crippen LogP) is 5.23. The lowest BCUT2D eigenvalue weighted by atomic mass is 9.81. The maximum Gasteiger partial charge on any atom is 0.257 e. The van der Waals surface area contributed by atoms with Crippen LogP contribution in [0.4, 0.5) is 14.6 Å². The molecule has 5 nitrogen and oxygen atoms in total. The number of anilines is 1. The van der Waals surface area contributed by atoms with Gasteiger partial charge in [0.1, 0.15) is 17.2 Å². The Balaban J connectivity index is 1.29. The first-order valence-corrected chi connectivity index (χ1v) is 11.8. The Labute approximate surface area is 202 Å². The molecular formula is C28H24F2N4O.